The number of pyridine rings is 1. The van der Waals surface area contributed by atoms with Gasteiger partial charge in [0.25, 0.3) is 0 Å². The third-order valence-corrected chi connectivity index (χ3v) is 7.91. The first-order chi connectivity index (χ1) is 16.5. The number of benzene rings is 1. The molecule has 2 fully saturated rings. The summed E-state index contributed by atoms with van der Waals surface area (Å²) in [6, 6.07) is 3.31. The maximum Gasteiger partial charge on any atom is 0.202 e. The Morgan fingerprint density at radius 2 is 2.09 bits per heavy atom. The van der Waals surface area contributed by atoms with Crippen LogP contribution in [0.5, 0.6) is 11.5 Å². The number of anilines is 1. The highest BCUT2D eigenvalue weighted by Gasteiger charge is 2.34. The number of ether oxygens (including phenoxy) is 1. The molecule has 34 heavy (non-hydrogen) atoms. The molecule has 0 bridgehead atoms. The van der Waals surface area contributed by atoms with Crippen molar-refractivity contribution in [3.63, 3.8) is 0 Å². The van der Waals surface area contributed by atoms with E-state index in [1.807, 2.05) is 15.5 Å². The second-order valence-electron chi connectivity index (χ2n) is 8.77. The number of hydrogen-bond acceptors (Lipinski definition) is 8. The topological polar surface area (TPSA) is 120 Å². The van der Waals surface area contributed by atoms with Crippen molar-refractivity contribution in [1.29, 1.82) is 5.26 Å². The minimum atomic E-state index is -0.545. The molecule has 0 unspecified atom stereocenters. The highest BCUT2D eigenvalue weighted by molar-refractivity contribution is 7.19. The van der Waals surface area contributed by atoms with E-state index >= 15 is 4.39 Å². The fourth-order valence-corrected chi connectivity index (χ4v) is 6.14. The Morgan fingerprint density at radius 1 is 1.32 bits per heavy atom. The van der Waals surface area contributed by atoms with Gasteiger partial charge in [-0.15, -0.1) is 11.3 Å². The van der Waals surface area contributed by atoms with E-state index in [0.717, 1.165) is 42.8 Å². The summed E-state index contributed by atoms with van der Waals surface area (Å²) < 4.78 is 23.4. The third-order valence-electron chi connectivity index (χ3n) is 6.83. The van der Waals surface area contributed by atoms with E-state index in [9.17, 15) is 15.2 Å². The summed E-state index contributed by atoms with van der Waals surface area (Å²) in [4.78, 5) is 20.2. The Morgan fingerprint density at radius 3 is 2.71 bits per heavy atom. The number of aromatic nitrogens is 4. The summed E-state index contributed by atoms with van der Waals surface area (Å²) in [6.45, 7) is 1.19. The van der Waals surface area contributed by atoms with Gasteiger partial charge in [-0.2, -0.15) is 10.4 Å². The van der Waals surface area contributed by atoms with Crippen molar-refractivity contribution in [2.24, 2.45) is 0 Å². The molecule has 2 aliphatic rings. The molecule has 9 nitrogen and oxygen atoms in total. The standard InChI is InChI=1S/C23H21FN6O3S/c1-33-21-17-13(19(31)16-20(32)15(9-25)34-23(16)30(17)12-2-3-12)8-14(24)18(21)29-6-4-11(5-7-29)22-26-10-27-28-22/h8,10-12,32H,2-7H2,1H3,(H,26,27,28). The molecular formula is C23H21FN6O3S. The molecule has 1 saturated heterocycles. The van der Waals surface area contributed by atoms with Gasteiger partial charge in [0.1, 0.15) is 39.0 Å². The van der Waals surface area contributed by atoms with Crippen molar-refractivity contribution in [3.8, 4) is 17.6 Å². The molecule has 1 aliphatic carbocycles. The number of rotatable bonds is 4. The number of H-pyrrole nitrogens is 1. The molecule has 1 aliphatic heterocycles. The van der Waals surface area contributed by atoms with E-state index in [1.54, 1.807) is 0 Å². The molecule has 1 aromatic carbocycles. The van der Waals surface area contributed by atoms with E-state index in [4.69, 9.17) is 4.74 Å². The van der Waals surface area contributed by atoms with Crippen LogP contribution in [0.1, 0.15) is 48.3 Å². The van der Waals surface area contributed by atoms with Crippen molar-refractivity contribution in [2.45, 2.75) is 37.6 Å². The largest absolute Gasteiger partial charge is 0.505 e. The van der Waals surface area contributed by atoms with Crippen LogP contribution in [0.4, 0.5) is 10.1 Å². The van der Waals surface area contributed by atoms with E-state index < -0.39 is 11.2 Å². The van der Waals surface area contributed by atoms with Gasteiger partial charge in [0.2, 0.25) is 5.43 Å². The molecule has 11 heteroatoms. The molecule has 0 atom stereocenters. The maximum atomic E-state index is 15.6. The van der Waals surface area contributed by atoms with Gasteiger partial charge in [-0.05, 0) is 31.7 Å². The highest BCUT2D eigenvalue weighted by Crippen LogP contribution is 2.48. The summed E-state index contributed by atoms with van der Waals surface area (Å²) in [5, 5.41) is 27.0. The molecule has 3 aromatic heterocycles. The van der Waals surface area contributed by atoms with Gasteiger partial charge in [0.05, 0.1) is 18.0 Å². The monoisotopic (exact) mass is 480 g/mol. The van der Waals surface area contributed by atoms with E-state index in [1.165, 1.54) is 19.5 Å². The van der Waals surface area contributed by atoms with Gasteiger partial charge < -0.3 is 19.3 Å². The molecular weight excluding hydrogens is 459 g/mol. The number of aromatic hydroxyl groups is 1. The smallest absolute Gasteiger partial charge is 0.202 e. The van der Waals surface area contributed by atoms with E-state index in [2.05, 4.69) is 15.2 Å². The Bertz CT molecular complexity index is 1530. The first-order valence-corrected chi connectivity index (χ1v) is 12.0. The molecule has 4 aromatic rings. The molecule has 6 rings (SSSR count). The minimum absolute atomic E-state index is 0.0722. The lowest BCUT2D eigenvalue weighted by atomic mass is 9.95. The van der Waals surface area contributed by atoms with Crippen LogP contribution in [0.25, 0.3) is 21.1 Å². The Hall–Kier alpha value is -3.65. The molecule has 4 heterocycles. The van der Waals surface area contributed by atoms with Crippen LogP contribution in [0.3, 0.4) is 0 Å². The molecule has 0 radical (unpaired) electrons. The van der Waals surface area contributed by atoms with Crippen LogP contribution in [0.2, 0.25) is 0 Å². The fraction of sp³-hybridized carbons (Fsp3) is 0.391. The van der Waals surface area contributed by atoms with Gasteiger partial charge in [-0.3, -0.25) is 9.89 Å². The molecule has 0 spiro atoms. The predicted molar refractivity (Wildman–Crippen MR) is 125 cm³/mol. The van der Waals surface area contributed by atoms with Gasteiger partial charge in [0, 0.05) is 25.0 Å². The zero-order valence-corrected chi connectivity index (χ0v) is 19.2. The second kappa shape index (κ2) is 7.70. The van der Waals surface area contributed by atoms with Crippen molar-refractivity contribution in [3.05, 3.63) is 39.1 Å². The number of nitrogens with zero attached hydrogens (tertiary/aromatic N) is 5. The lowest BCUT2D eigenvalue weighted by Gasteiger charge is -2.34. The lowest BCUT2D eigenvalue weighted by Crippen LogP contribution is -2.34. The number of piperidine rings is 1. The molecule has 2 N–H and O–H groups in total. The number of nitriles is 1. The van der Waals surface area contributed by atoms with Crippen molar-refractivity contribution >= 4 is 38.1 Å². The first kappa shape index (κ1) is 20.9. The number of halogens is 1. The number of fused-ring (bicyclic) bond motifs is 2. The summed E-state index contributed by atoms with van der Waals surface area (Å²) in [5.74, 6) is 0.487. The lowest BCUT2D eigenvalue weighted by molar-refractivity contribution is 0.408. The van der Waals surface area contributed by atoms with Gasteiger partial charge >= 0.3 is 0 Å². The SMILES string of the molecule is COc1c(N2CCC(c3ncn[nH]3)CC2)c(F)cc2c(=O)c3c(O)c(C#N)sc3n(C3CC3)c12. The highest BCUT2D eigenvalue weighted by atomic mass is 32.1. The molecule has 0 amide bonds. The normalized spacial score (nSPS) is 16.9. The third kappa shape index (κ3) is 2.98. The summed E-state index contributed by atoms with van der Waals surface area (Å²) in [5.41, 5.74) is 0.354. The van der Waals surface area contributed by atoms with Crippen molar-refractivity contribution in [1.82, 2.24) is 19.7 Å². The maximum absolute atomic E-state index is 15.6. The number of hydrogen-bond donors (Lipinski definition) is 2. The van der Waals surface area contributed by atoms with Crippen LogP contribution in [0, 0.1) is 17.1 Å². The Labute approximate surface area is 197 Å². The summed E-state index contributed by atoms with van der Waals surface area (Å²) >= 11 is 1.08. The van der Waals surface area contributed by atoms with Gasteiger partial charge in [-0.1, -0.05) is 0 Å². The predicted octanol–water partition coefficient (Wildman–Crippen LogP) is 3.78. The quantitative estimate of drug-likeness (QED) is 0.456. The Kier molecular flexibility index (Phi) is 4.74. The van der Waals surface area contributed by atoms with Crippen molar-refractivity contribution in [2.75, 3.05) is 25.1 Å². The van der Waals surface area contributed by atoms with Crippen LogP contribution in [-0.2, 0) is 0 Å². The average molecular weight is 481 g/mol. The zero-order valence-electron chi connectivity index (χ0n) is 18.3. The van der Waals surface area contributed by atoms with E-state index in [0.29, 0.717) is 34.9 Å². The number of methoxy groups -OCH3 is 1. The van der Waals surface area contributed by atoms with Gasteiger partial charge in [0.15, 0.2) is 17.3 Å². The number of thiophene rings is 1. The van der Waals surface area contributed by atoms with Crippen LogP contribution in [-0.4, -0.2) is 45.1 Å². The number of nitrogens with one attached hydrogen (secondary N) is 1. The first-order valence-electron chi connectivity index (χ1n) is 11.1. The summed E-state index contributed by atoms with van der Waals surface area (Å²) in [7, 11) is 1.48. The molecule has 174 valence electrons. The zero-order chi connectivity index (χ0) is 23.6. The number of aromatic amines is 1. The Balaban J connectivity index is 1.55. The van der Waals surface area contributed by atoms with E-state index in [-0.39, 0.29) is 33.4 Å². The van der Waals surface area contributed by atoms with Crippen LogP contribution >= 0.6 is 11.3 Å². The average Bonchev–Trinajstić information content (AvgIpc) is 3.41. The molecule has 1 saturated carbocycles. The van der Waals surface area contributed by atoms with Crippen molar-refractivity contribution < 1.29 is 14.2 Å². The fourth-order valence-electron chi connectivity index (χ4n) is 5.07. The minimum Gasteiger partial charge on any atom is -0.505 e. The van der Waals surface area contributed by atoms with Crippen LogP contribution < -0.4 is 15.1 Å². The summed E-state index contributed by atoms with van der Waals surface area (Å²) in [6.07, 6.45) is 4.83. The van der Waals surface area contributed by atoms with Crippen LogP contribution in [0.15, 0.2) is 17.2 Å². The second-order valence-corrected chi connectivity index (χ2v) is 9.77. The van der Waals surface area contributed by atoms with Gasteiger partial charge in [-0.25, -0.2) is 9.37 Å².